The molecular weight excluding hydrogens is 241 g/mol. The lowest BCUT2D eigenvalue weighted by molar-refractivity contribution is -0.387. The number of benzene rings is 1. The largest absolute Gasteiger partial charge is 0.304 e. The van der Waals surface area contributed by atoms with Crippen LogP contribution in [0.15, 0.2) is 18.2 Å². The summed E-state index contributed by atoms with van der Waals surface area (Å²) in [7, 11) is 0. The Labute approximate surface area is 105 Å². The molecule has 0 aliphatic carbocycles. The summed E-state index contributed by atoms with van der Waals surface area (Å²) in [4.78, 5) is 9.73. The number of thioether (sulfide) groups is 1. The van der Waals surface area contributed by atoms with Crippen LogP contribution in [-0.4, -0.2) is 10.7 Å². The van der Waals surface area contributed by atoms with Crippen molar-refractivity contribution in [1.29, 1.82) is 0 Å². The maximum Gasteiger partial charge on any atom is 0.304 e. The average molecular weight is 257 g/mol. The van der Waals surface area contributed by atoms with Gasteiger partial charge in [0.05, 0.1) is 4.92 Å². The highest BCUT2D eigenvalue weighted by Crippen LogP contribution is 2.21. The minimum Gasteiger partial charge on any atom is -0.258 e. The Morgan fingerprint density at radius 2 is 2.18 bits per heavy atom. The van der Waals surface area contributed by atoms with Crippen molar-refractivity contribution in [1.82, 2.24) is 0 Å². The molecule has 0 heterocycles. The Bertz CT molecular complexity index is 396. The SMILES string of the molecule is CC(C)CCSCc1ccc([N+](=O)[O-])c(F)c1. The molecule has 1 aromatic rings. The molecule has 0 aliphatic heterocycles. The number of halogens is 1. The number of rotatable bonds is 6. The third kappa shape index (κ3) is 4.73. The van der Waals surface area contributed by atoms with Crippen molar-refractivity contribution in [3.05, 3.63) is 39.7 Å². The molecule has 0 bridgehead atoms. The zero-order valence-corrected chi connectivity index (χ0v) is 10.8. The Hall–Kier alpha value is -1.10. The second-order valence-corrected chi connectivity index (χ2v) is 5.38. The van der Waals surface area contributed by atoms with Crippen molar-refractivity contribution in [3.63, 3.8) is 0 Å². The molecule has 0 amide bonds. The van der Waals surface area contributed by atoms with E-state index in [0.717, 1.165) is 17.7 Å². The van der Waals surface area contributed by atoms with Crippen molar-refractivity contribution >= 4 is 17.4 Å². The number of hydrogen-bond acceptors (Lipinski definition) is 3. The van der Waals surface area contributed by atoms with Crippen LogP contribution in [0.3, 0.4) is 0 Å². The van der Waals surface area contributed by atoms with E-state index in [2.05, 4.69) is 13.8 Å². The van der Waals surface area contributed by atoms with Gasteiger partial charge in [0.1, 0.15) is 0 Å². The van der Waals surface area contributed by atoms with E-state index in [9.17, 15) is 14.5 Å². The topological polar surface area (TPSA) is 43.1 Å². The van der Waals surface area contributed by atoms with Crippen LogP contribution in [0.5, 0.6) is 0 Å². The van der Waals surface area contributed by atoms with Crippen LogP contribution in [0.1, 0.15) is 25.8 Å². The van der Waals surface area contributed by atoms with E-state index < -0.39 is 16.4 Å². The summed E-state index contributed by atoms with van der Waals surface area (Å²) < 4.78 is 13.3. The molecule has 0 radical (unpaired) electrons. The molecule has 0 aromatic heterocycles. The fourth-order valence-electron chi connectivity index (χ4n) is 1.30. The first-order chi connectivity index (χ1) is 8.00. The molecule has 0 fully saturated rings. The fourth-order valence-corrected chi connectivity index (χ4v) is 2.49. The summed E-state index contributed by atoms with van der Waals surface area (Å²) in [5, 5.41) is 10.4. The quantitative estimate of drug-likeness (QED) is 0.439. The normalized spacial score (nSPS) is 10.8. The molecule has 94 valence electrons. The standard InChI is InChI=1S/C12H16FNO2S/c1-9(2)5-6-17-8-10-3-4-12(14(15)16)11(13)7-10/h3-4,7,9H,5-6,8H2,1-2H3. The molecule has 5 heteroatoms. The van der Waals surface area contributed by atoms with Gasteiger partial charge < -0.3 is 0 Å². The van der Waals surface area contributed by atoms with Gasteiger partial charge in [0.15, 0.2) is 0 Å². The zero-order chi connectivity index (χ0) is 12.8. The Balaban J connectivity index is 2.50. The van der Waals surface area contributed by atoms with Crippen LogP contribution < -0.4 is 0 Å². The minimum atomic E-state index is -0.753. The molecule has 0 N–H and O–H groups in total. The molecule has 1 rings (SSSR count). The first-order valence-corrected chi connectivity index (χ1v) is 6.66. The van der Waals surface area contributed by atoms with E-state index in [1.807, 2.05) is 0 Å². The van der Waals surface area contributed by atoms with E-state index in [-0.39, 0.29) is 0 Å². The smallest absolute Gasteiger partial charge is 0.258 e. The van der Waals surface area contributed by atoms with Crippen molar-refractivity contribution < 1.29 is 9.31 Å². The van der Waals surface area contributed by atoms with Crippen molar-refractivity contribution in [2.24, 2.45) is 5.92 Å². The molecule has 0 atom stereocenters. The molecule has 0 saturated heterocycles. The number of nitrogens with zero attached hydrogens (tertiary/aromatic N) is 1. The Morgan fingerprint density at radius 1 is 1.47 bits per heavy atom. The van der Waals surface area contributed by atoms with E-state index >= 15 is 0 Å². The van der Waals surface area contributed by atoms with Crippen LogP contribution in [0.25, 0.3) is 0 Å². The maximum absolute atomic E-state index is 13.3. The molecule has 17 heavy (non-hydrogen) atoms. The predicted molar refractivity (Wildman–Crippen MR) is 68.7 cm³/mol. The van der Waals surface area contributed by atoms with E-state index in [0.29, 0.717) is 11.7 Å². The third-order valence-electron chi connectivity index (χ3n) is 2.32. The highest BCUT2D eigenvalue weighted by molar-refractivity contribution is 7.98. The summed E-state index contributed by atoms with van der Waals surface area (Å²) in [6.07, 6.45) is 1.13. The first kappa shape index (κ1) is 14.0. The van der Waals surface area contributed by atoms with Crippen LogP contribution in [0.4, 0.5) is 10.1 Å². The zero-order valence-electron chi connectivity index (χ0n) is 9.98. The van der Waals surface area contributed by atoms with Crippen molar-refractivity contribution in [2.45, 2.75) is 26.0 Å². The second kappa shape index (κ2) is 6.59. The van der Waals surface area contributed by atoms with Crippen LogP contribution in [0, 0.1) is 21.8 Å². The van der Waals surface area contributed by atoms with Gasteiger partial charge in [0.2, 0.25) is 5.82 Å². The number of nitro benzene ring substituents is 1. The summed E-state index contributed by atoms with van der Waals surface area (Å²) in [5.41, 5.74) is 0.336. The molecule has 0 unspecified atom stereocenters. The summed E-state index contributed by atoms with van der Waals surface area (Å²) >= 11 is 1.72. The molecular formula is C12H16FNO2S. The first-order valence-electron chi connectivity index (χ1n) is 5.51. The lowest BCUT2D eigenvalue weighted by atomic mass is 10.2. The van der Waals surface area contributed by atoms with Gasteiger partial charge in [0, 0.05) is 11.8 Å². The molecule has 0 spiro atoms. The summed E-state index contributed by atoms with van der Waals surface area (Å²) in [5.74, 6) is 1.63. The minimum absolute atomic E-state index is 0.457. The molecule has 3 nitrogen and oxygen atoms in total. The highest BCUT2D eigenvalue weighted by atomic mass is 32.2. The van der Waals surface area contributed by atoms with Gasteiger partial charge in [-0.1, -0.05) is 19.9 Å². The average Bonchev–Trinajstić information content (AvgIpc) is 2.23. The van der Waals surface area contributed by atoms with Crippen LogP contribution in [0.2, 0.25) is 0 Å². The van der Waals surface area contributed by atoms with Crippen molar-refractivity contribution in [3.8, 4) is 0 Å². The third-order valence-corrected chi connectivity index (χ3v) is 3.38. The van der Waals surface area contributed by atoms with Gasteiger partial charge >= 0.3 is 5.69 Å². The van der Waals surface area contributed by atoms with E-state index in [1.54, 1.807) is 17.8 Å². The van der Waals surface area contributed by atoms with Gasteiger partial charge in [-0.2, -0.15) is 16.2 Å². The lowest BCUT2D eigenvalue weighted by Crippen LogP contribution is -1.94. The number of nitro groups is 1. The van der Waals surface area contributed by atoms with Crippen LogP contribution in [-0.2, 0) is 5.75 Å². The van der Waals surface area contributed by atoms with E-state index in [1.165, 1.54) is 12.1 Å². The Morgan fingerprint density at radius 3 is 2.71 bits per heavy atom. The van der Waals surface area contributed by atoms with Crippen molar-refractivity contribution in [2.75, 3.05) is 5.75 Å². The monoisotopic (exact) mass is 257 g/mol. The van der Waals surface area contributed by atoms with E-state index in [4.69, 9.17) is 0 Å². The Kier molecular flexibility index (Phi) is 5.41. The molecule has 0 aliphatic rings. The molecule has 0 saturated carbocycles. The fraction of sp³-hybridized carbons (Fsp3) is 0.500. The highest BCUT2D eigenvalue weighted by Gasteiger charge is 2.13. The predicted octanol–water partition coefficient (Wildman–Crippen LogP) is 4.01. The maximum atomic E-state index is 13.3. The second-order valence-electron chi connectivity index (χ2n) is 4.28. The van der Waals surface area contributed by atoms with Gasteiger partial charge in [-0.15, -0.1) is 0 Å². The lowest BCUT2D eigenvalue weighted by Gasteiger charge is -2.04. The summed E-state index contributed by atoms with van der Waals surface area (Å²) in [6.45, 7) is 4.32. The van der Waals surface area contributed by atoms with Gasteiger partial charge in [-0.05, 0) is 29.7 Å². The summed E-state index contributed by atoms with van der Waals surface area (Å²) in [6, 6.07) is 4.10. The van der Waals surface area contributed by atoms with Gasteiger partial charge in [-0.3, -0.25) is 10.1 Å². The van der Waals surface area contributed by atoms with Crippen LogP contribution >= 0.6 is 11.8 Å². The molecule has 1 aromatic carbocycles. The van der Waals surface area contributed by atoms with Gasteiger partial charge in [-0.25, -0.2) is 0 Å². The number of hydrogen-bond donors (Lipinski definition) is 0. The van der Waals surface area contributed by atoms with Gasteiger partial charge in [0.25, 0.3) is 0 Å².